The second kappa shape index (κ2) is 12.1. The van der Waals surface area contributed by atoms with Crippen LogP contribution in [0.5, 0.6) is 0 Å². The summed E-state index contributed by atoms with van der Waals surface area (Å²) in [6.07, 6.45) is 9.60. The fourth-order valence-corrected chi connectivity index (χ4v) is 7.19. The van der Waals surface area contributed by atoms with Crippen LogP contribution in [0.3, 0.4) is 0 Å². The maximum absolute atomic E-state index is 14.8. The Morgan fingerprint density at radius 2 is 1.90 bits per heavy atom. The predicted octanol–water partition coefficient (Wildman–Crippen LogP) is 3.57. The van der Waals surface area contributed by atoms with Crippen LogP contribution in [0, 0.1) is 6.92 Å². The number of ketones is 1. The van der Waals surface area contributed by atoms with Crippen molar-refractivity contribution in [2.75, 3.05) is 49.1 Å². The number of anilines is 2. The molecule has 42 heavy (non-hydrogen) atoms. The van der Waals surface area contributed by atoms with E-state index in [1.54, 1.807) is 6.33 Å². The van der Waals surface area contributed by atoms with Gasteiger partial charge in [0.2, 0.25) is 0 Å². The first-order valence-corrected chi connectivity index (χ1v) is 15.3. The molecule has 9 nitrogen and oxygen atoms in total. The molecule has 1 aromatic carbocycles. The van der Waals surface area contributed by atoms with Gasteiger partial charge in [-0.15, -0.1) is 0 Å². The van der Waals surface area contributed by atoms with Crippen molar-refractivity contribution in [1.82, 2.24) is 24.8 Å². The number of hydrogen-bond acceptors (Lipinski definition) is 9. The standard InChI is InChI=1S/C33H43N7O2/c1-24(2)40-22-33(39-14-11-29(41)20-39,32(42)30-8-4-5-9-31(30)40)21-38(18-26-10-12-36-25(3)15-26)27-7-6-13-37(19-27)28-16-34-23-35-17-28/h4-5,8-10,12,15-17,23-24,27,29,41H,6-7,11,13-14,18-22H2,1-3H3/t27-,29+,33?/m0/s1. The highest BCUT2D eigenvalue weighted by atomic mass is 16.3. The van der Waals surface area contributed by atoms with Crippen LogP contribution in [0.2, 0.25) is 0 Å². The number of carbonyl (C=O) groups excluding carboxylic acids is 1. The third-order valence-corrected chi connectivity index (χ3v) is 9.34. The zero-order valence-electron chi connectivity index (χ0n) is 25.1. The van der Waals surface area contributed by atoms with Crippen molar-refractivity contribution in [2.24, 2.45) is 0 Å². The van der Waals surface area contributed by atoms with Gasteiger partial charge in [-0.2, -0.15) is 0 Å². The molecule has 0 saturated carbocycles. The molecule has 0 spiro atoms. The van der Waals surface area contributed by atoms with Crippen LogP contribution in [0.25, 0.3) is 0 Å². The fraction of sp³-hybridized carbons (Fsp3) is 0.515. The number of piperidine rings is 1. The van der Waals surface area contributed by atoms with Gasteiger partial charge in [0.25, 0.3) is 0 Å². The average molecular weight is 570 g/mol. The summed E-state index contributed by atoms with van der Waals surface area (Å²) >= 11 is 0. The van der Waals surface area contributed by atoms with Crippen LogP contribution < -0.4 is 9.80 Å². The van der Waals surface area contributed by atoms with E-state index in [1.165, 1.54) is 5.56 Å². The summed E-state index contributed by atoms with van der Waals surface area (Å²) in [5.74, 6) is 0.170. The Bertz CT molecular complexity index is 1390. The summed E-state index contributed by atoms with van der Waals surface area (Å²) in [4.78, 5) is 37.4. The van der Waals surface area contributed by atoms with Gasteiger partial charge in [0, 0.05) is 81.0 Å². The van der Waals surface area contributed by atoms with E-state index in [0.29, 0.717) is 32.6 Å². The second-order valence-electron chi connectivity index (χ2n) is 12.5. The number of aliphatic hydroxyl groups is 1. The Hall–Kier alpha value is -3.40. The zero-order chi connectivity index (χ0) is 29.3. The number of pyridine rings is 1. The minimum Gasteiger partial charge on any atom is -0.392 e. The molecule has 1 unspecified atom stereocenters. The number of likely N-dealkylation sites (tertiary alicyclic amines) is 1. The number of nitrogens with zero attached hydrogens (tertiary/aromatic N) is 7. The Balaban J connectivity index is 1.41. The molecule has 9 heteroatoms. The molecule has 3 aromatic rings. The van der Waals surface area contributed by atoms with E-state index in [1.807, 2.05) is 43.7 Å². The van der Waals surface area contributed by atoms with Gasteiger partial charge in [-0.1, -0.05) is 12.1 Å². The molecule has 0 bridgehead atoms. The van der Waals surface area contributed by atoms with Crippen LogP contribution in [-0.4, -0.2) is 98.6 Å². The minimum absolute atomic E-state index is 0.170. The van der Waals surface area contributed by atoms with E-state index in [9.17, 15) is 9.90 Å². The van der Waals surface area contributed by atoms with Crippen molar-refractivity contribution in [1.29, 1.82) is 0 Å². The Morgan fingerprint density at radius 1 is 1.10 bits per heavy atom. The van der Waals surface area contributed by atoms with Gasteiger partial charge in [-0.05, 0) is 69.9 Å². The van der Waals surface area contributed by atoms with E-state index < -0.39 is 11.6 Å². The average Bonchev–Trinajstić information content (AvgIpc) is 3.45. The smallest absolute Gasteiger partial charge is 0.188 e. The van der Waals surface area contributed by atoms with Gasteiger partial charge >= 0.3 is 0 Å². The molecule has 6 rings (SSSR count). The molecule has 3 aliphatic heterocycles. The number of aromatic nitrogens is 3. The second-order valence-corrected chi connectivity index (χ2v) is 12.5. The Kier molecular flexibility index (Phi) is 8.25. The summed E-state index contributed by atoms with van der Waals surface area (Å²) in [6.45, 7) is 11.4. The Morgan fingerprint density at radius 3 is 2.64 bits per heavy atom. The van der Waals surface area contributed by atoms with E-state index in [4.69, 9.17) is 0 Å². The summed E-state index contributed by atoms with van der Waals surface area (Å²) in [5.41, 5.74) is 4.24. The fourth-order valence-electron chi connectivity index (χ4n) is 7.19. The summed E-state index contributed by atoms with van der Waals surface area (Å²) in [5, 5.41) is 10.7. The van der Waals surface area contributed by atoms with Crippen LogP contribution in [0.4, 0.5) is 11.4 Å². The lowest BCUT2D eigenvalue weighted by Crippen LogP contribution is -2.69. The number of benzene rings is 1. The van der Waals surface area contributed by atoms with Gasteiger partial charge < -0.3 is 14.9 Å². The first kappa shape index (κ1) is 28.7. The molecule has 5 heterocycles. The third kappa shape index (κ3) is 5.65. The highest BCUT2D eigenvalue weighted by Crippen LogP contribution is 2.39. The zero-order valence-corrected chi connectivity index (χ0v) is 25.1. The van der Waals surface area contributed by atoms with Crippen molar-refractivity contribution >= 4 is 17.2 Å². The highest BCUT2D eigenvalue weighted by molar-refractivity contribution is 6.10. The number of hydrogen-bond donors (Lipinski definition) is 1. The summed E-state index contributed by atoms with van der Waals surface area (Å²) in [7, 11) is 0. The SMILES string of the molecule is Cc1cc(CN(CC2(N3CC[C@@H](O)C3)CN(C(C)C)c3ccccc3C2=O)[C@H]2CCCN(c3cncnc3)C2)ccn1. The number of rotatable bonds is 8. The van der Waals surface area contributed by atoms with E-state index >= 15 is 0 Å². The lowest BCUT2D eigenvalue weighted by molar-refractivity contribution is 0.0282. The Labute approximate surface area is 249 Å². The molecule has 0 amide bonds. The van der Waals surface area contributed by atoms with E-state index in [-0.39, 0.29) is 17.9 Å². The lowest BCUT2D eigenvalue weighted by Gasteiger charge is -2.52. The van der Waals surface area contributed by atoms with Crippen molar-refractivity contribution in [3.63, 3.8) is 0 Å². The number of β-amino-alcohol motifs (C(OH)–C–C–N with tert-alkyl or cyclic N) is 1. The van der Waals surface area contributed by atoms with Gasteiger partial charge in [-0.3, -0.25) is 19.6 Å². The van der Waals surface area contributed by atoms with Gasteiger partial charge in [-0.25, -0.2) is 9.97 Å². The first-order chi connectivity index (χ1) is 20.3. The third-order valence-electron chi connectivity index (χ3n) is 9.34. The molecule has 2 fully saturated rings. The van der Waals surface area contributed by atoms with Crippen LogP contribution in [0.15, 0.2) is 61.3 Å². The van der Waals surface area contributed by atoms with Crippen molar-refractivity contribution in [3.8, 4) is 0 Å². The molecule has 2 aromatic heterocycles. The van der Waals surface area contributed by atoms with Crippen LogP contribution in [-0.2, 0) is 6.54 Å². The van der Waals surface area contributed by atoms with Gasteiger partial charge in [0.1, 0.15) is 11.9 Å². The molecule has 3 aliphatic rings. The van der Waals surface area contributed by atoms with Crippen LogP contribution >= 0.6 is 0 Å². The van der Waals surface area contributed by atoms with Crippen LogP contribution in [0.1, 0.15) is 54.7 Å². The molecular formula is C33H43N7O2. The number of para-hydroxylation sites is 1. The maximum Gasteiger partial charge on any atom is 0.188 e. The number of aliphatic hydroxyl groups excluding tert-OH is 1. The molecule has 0 aliphatic carbocycles. The molecule has 222 valence electrons. The van der Waals surface area contributed by atoms with Gasteiger partial charge in [0.05, 0.1) is 24.2 Å². The lowest BCUT2D eigenvalue weighted by atomic mass is 9.80. The topological polar surface area (TPSA) is 88.9 Å². The maximum atomic E-state index is 14.8. The molecule has 1 N–H and O–H groups in total. The molecule has 2 saturated heterocycles. The van der Waals surface area contributed by atoms with Crippen molar-refractivity contribution in [2.45, 2.75) is 70.3 Å². The van der Waals surface area contributed by atoms with Crippen molar-refractivity contribution in [3.05, 3.63) is 78.1 Å². The monoisotopic (exact) mass is 569 g/mol. The quantitative estimate of drug-likeness (QED) is 0.437. The first-order valence-electron chi connectivity index (χ1n) is 15.3. The number of carbonyl (C=O) groups is 1. The summed E-state index contributed by atoms with van der Waals surface area (Å²) < 4.78 is 0. The molecule has 3 atom stereocenters. The van der Waals surface area contributed by atoms with Crippen molar-refractivity contribution < 1.29 is 9.90 Å². The van der Waals surface area contributed by atoms with E-state index in [2.05, 4.69) is 66.6 Å². The number of Topliss-reactive ketones (excluding diaryl/α,β-unsaturated/α-hetero) is 1. The number of aryl methyl sites for hydroxylation is 1. The van der Waals surface area contributed by atoms with Gasteiger partial charge in [0.15, 0.2) is 5.78 Å². The number of fused-ring (bicyclic) bond motifs is 1. The largest absolute Gasteiger partial charge is 0.392 e. The summed E-state index contributed by atoms with van der Waals surface area (Å²) in [6, 6.07) is 12.8. The molecular weight excluding hydrogens is 526 g/mol. The predicted molar refractivity (Wildman–Crippen MR) is 165 cm³/mol. The normalized spacial score (nSPS) is 25.0. The van der Waals surface area contributed by atoms with E-state index in [0.717, 1.165) is 55.1 Å². The highest BCUT2D eigenvalue weighted by Gasteiger charge is 2.53. The molecule has 0 radical (unpaired) electrons. The minimum atomic E-state index is -0.781.